The molecular formula is C21H13FN2O2. The Morgan fingerprint density at radius 1 is 0.962 bits per heavy atom. The molecule has 3 aromatic carbocycles. The maximum atomic E-state index is 14.0. The molecule has 2 heterocycles. The molecule has 0 saturated heterocycles. The van der Waals surface area contributed by atoms with Crippen LogP contribution in [0.5, 0.6) is 0 Å². The van der Waals surface area contributed by atoms with Gasteiger partial charge in [0, 0.05) is 11.3 Å². The number of fused-ring (bicyclic) bond motifs is 2. The Balaban J connectivity index is 1.56. The van der Waals surface area contributed by atoms with Gasteiger partial charge >= 0.3 is 0 Å². The number of amides is 1. The van der Waals surface area contributed by atoms with E-state index >= 15 is 0 Å². The summed E-state index contributed by atoms with van der Waals surface area (Å²) in [4.78, 5) is 18.8. The van der Waals surface area contributed by atoms with Crippen molar-refractivity contribution in [2.24, 2.45) is 0 Å². The number of nitrogens with zero attached hydrogens (tertiary/aromatic N) is 2. The predicted molar refractivity (Wildman–Crippen MR) is 96.4 cm³/mol. The van der Waals surface area contributed by atoms with Crippen molar-refractivity contribution in [1.82, 2.24) is 4.98 Å². The van der Waals surface area contributed by atoms with Crippen LogP contribution in [0.1, 0.15) is 15.9 Å². The number of aromatic nitrogens is 1. The highest BCUT2D eigenvalue weighted by Crippen LogP contribution is 2.32. The molecule has 0 saturated carbocycles. The van der Waals surface area contributed by atoms with Crippen LogP contribution in [0.2, 0.25) is 0 Å². The van der Waals surface area contributed by atoms with Crippen LogP contribution in [-0.4, -0.2) is 10.9 Å². The number of rotatable bonds is 2. The number of hydrogen-bond acceptors (Lipinski definition) is 3. The molecule has 0 N–H and O–H groups in total. The molecule has 0 radical (unpaired) electrons. The highest BCUT2D eigenvalue weighted by Gasteiger charge is 2.28. The van der Waals surface area contributed by atoms with E-state index < -0.39 is 0 Å². The summed E-state index contributed by atoms with van der Waals surface area (Å²) in [5.41, 5.74) is 3.92. The maximum absolute atomic E-state index is 14.0. The minimum atomic E-state index is -0.385. The van der Waals surface area contributed by atoms with Crippen molar-refractivity contribution in [2.75, 3.05) is 4.90 Å². The van der Waals surface area contributed by atoms with Crippen molar-refractivity contribution in [2.45, 2.75) is 6.54 Å². The summed E-state index contributed by atoms with van der Waals surface area (Å²) in [5.74, 6) is -0.187. The van der Waals surface area contributed by atoms with E-state index in [1.165, 1.54) is 6.07 Å². The molecule has 5 rings (SSSR count). The van der Waals surface area contributed by atoms with Crippen molar-refractivity contribution in [3.8, 4) is 11.5 Å². The van der Waals surface area contributed by atoms with Crippen molar-refractivity contribution in [1.29, 1.82) is 0 Å². The van der Waals surface area contributed by atoms with Crippen LogP contribution in [0.4, 0.5) is 10.1 Å². The van der Waals surface area contributed by atoms with Crippen molar-refractivity contribution < 1.29 is 13.6 Å². The lowest BCUT2D eigenvalue weighted by Gasteiger charge is -2.15. The minimum absolute atomic E-state index is 0.0298. The number of oxazole rings is 1. The summed E-state index contributed by atoms with van der Waals surface area (Å²) in [6, 6.07) is 19.3. The second-order valence-corrected chi connectivity index (χ2v) is 6.20. The Labute approximate surface area is 148 Å². The Hall–Kier alpha value is -3.47. The van der Waals surface area contributed by atoms with E-state index in [1.54, 1.807) is 35.2 Å². The summed E-state index contributed by atoms with van der Waals surface area (Å²) in [6.45, 7) is 0.526. The summed E-state index contributed by atoms with van der Waals surface area (Å²) in [7, 11) is 0. The summed E-state index contributed by atoms with van der Waals surface area (Å²) in [5, 5.41) is 0. The second kappa shape index (κ2) is 5.52. The van der Waals surface area contributed by atoms with Gasteiger partial charge in [-0.15, -0.1) is 0 Å². The van der Waals surface area contributed by atoms with Gasteiger partial charge in [-0.05, 0) is 42.0 Å². The van der Waals surface area contributed by atoms with Gasteiger partial charge in [-0.25, -0.2) is 9.37 Å². The fraction of sp³-hybridized carbons (Fsp3) is 0.0476. The molecule has 0 atom stereocenters. The first-order valence-corrected chi connectivity index (χ1v) is 8.26. The number of carbonyl (C=O) groups is 1. The topological polar surface area (TPSA) is 46.3 Å². The van der Waals surface area contributed by atoms with Gasteiger partial charge in [0.15, 0.2) is 5.58 Å². The molecule has 126 valence electrons. The normalized spacial score (nSPS) is 13.4. The first kappa shape index (κ1) is 14.8. The van der Waals surface area contributed by atoms with Crippen LogP contribution in [0.3, 0.4) is 0 Å². The molecule has 26 heavy (non-hydrogen) atoms. The molecular weight excluding hydrogens is 331 g/mol. The third kappa shape index (κ3) is 2.21. The van der Waals surface area contributed by atoms with Gasteiger partial charge in [0.05, 0.1) is 12.1 Å². The number of anilines is 1. The van der Waals surface area contributed by atoms with Crippen LogP contribution >= 0.6 is 0 Å². The SMILES string of the molecule is O=C1c2ccccc2CN1c1ccc2oc(-c3ccccc3F)nc2c1. The van der Waals surface area contributed by atoms with Crippen molar-refractivity contribution in [3.63, 3.8) is 0 Å². The zero-order valence-electron chi connectivity index (χ0n) is 13.6. The molecule has 1 aliphatic heterocycles. The lowest BCUT2D eigenvalue weighted by atomic mass is 10.1. The number of hydrogen-bond donors (Lipinski definition) is 0. The van der Waals surface area contributed by atoms with Gasteiger partial charge in [0.2, 0.25) is 5.89 Å². The molecule has 1 amide bonds. The lowest BCUT2D eigenvalue weighted by Crippen LogP contribution is -2.22. The number of halogens is 1. The Morgan fingerprint density at radius 3 is 2.54 bits per heavy atom. The zero-order valence-corrected chi connectivity index (χ0v) is 13.6. The Kier molecular flexibility index (Phi) is 3.15. The van der Waals surface area contributed by atoms with E-state index in [9.17, 15) is 9.18 Å². The Bertz CT molecular complexity index is 1170. The number of benzene rings is 3. The number of carbonyl (C=O) groups excluding carboxylic acids is 1. The predicted octanol–water partition coefficient (Wildman–Crippen LogP) is 4.79. The van der Waals surface area contributed by atoms with E-state index in [0.29, 0.717) is 23.2 Å². The molecule has 4 nitrogen and oxygen atoms in total. The summed E-state index contributed by atoms with van der Waals surface area (Å²) < 4.78 is 19.7. The molecule has 4 aromatic rings. The van der Waals surface area contributed by atoms with Crippen molar-refractivity contribution >= 4 is 22.7 Å². The fourth-order valence-corrected chi connectivity index (χ4v) is 3.30. The second-order valence-electron chi connectivity index (χ2n) is 6.20. The van der Waals surface area contributed by atoms with Crippen molar-refractivity contribution in [3.05, 3.63) is 83.7 Å². The molecule has 0 bridgehead atoms. The van der Waals surface area contributed by atoms with E-state index in [2.05, 4.69) is 4.98 Å². The summed E-state index contributed by atoms with van der Waals surface area (Å²) in [6.07, 6.45) is 0. The lowest BCUT2D eigenvalue weighted by molar-refractivity contribution is 0.0996. The quantitative estimate of drug-likeness (QED) is 0.525. The average Bonchev–Trinajstić information content (AvgIpc) is 3.23. The third-order valence-corrected chi connectivity index (χ3v) is 4.61. The van der Waals surface area contributed by atoms with Crippen LogP contribution in [0.25, 0.3) is 22.6 Å². The monoisotopic (exact) mass is 344 g/mol. The van der Waals surface area contributed by atoms with Gasteiger partial charge in [-0.2, -0.15) is 0 Å². The van der Waals surface area contributed by atoms with E-state index in [-0.39, 0.29) is 17.6 Å². The highest BCUT2D eigenvalue weighted by atomic mass is 19.1. The maximum Gasteiger partial charge on any atom is 0.258 e. The first-order valence-electron chi connectivity index (χ1n) is 8.26. The molecule has 0 unspecified atom stereocenters. The van der Waals surface area contributed by atoms with Gasteiger partial charge in [-0.3, -0.25) is 4.79 Å². The molecule has 1 aromatic heterocycles. The minimum Gasteiger partial charge on any atom is -0.436 e. The van der Waals surface area contributed by atoms with E-state index in [4.69, 9.17) is 4.42 Å². The van der Waals surface area contributed by atoms with Crippen LogP contribution in [-0.2, 0) is 6.54 Å². The zero-order chi connectivity index (χ0) is 17.7. The van der Waals surface area contributed by atoms with Crippen LogP contribution in [0, 0.1) is 5.82 Å². The average molecular weight is 344 g/mol. The first-order chi connectivity index (χ1) is 12.7. The van der Waals surface area contributed by atoms with Gasteiger partial charge in [0.25, 0.3) is 5.91 Å². The Morgan fingerprint density at radius 2 is 1.73 bits per heavy atom. The smallest absolute Gasteiger partial charge is 0.258 e. The van der Waals surface area contributed by atoms with E-state index in [0.717, 1.165) is 16.8 Å². The molecule has 0 aliphatic carbocycles. The van der Waals surface area contributed by atoms with Gasteiger partial charge < -0.3 is 9.32 Å². The molecule has 0 fully saturated rings. The molecule has 1 aliphatic rings. The fourth-order valence-electron chi connectivity index (χ4n) is 3.30. The standard InChI is InChI=1S/C21H13FN2O2/c22-17-8-4-3-7-16(17)20-23-18-11-14(9-10-19(18)26-20)24-12-13-5-1-2-6-15(13)21(24)25/h1-11H,12H2. The molecule has 5 heteroatoms. The largest absolute Gasteiger partial charge is 0.436 e. The van der Waals surface area contributed by atoms with Crippen LogP contribution < -0.4 is 4.90 Å². The third-order valence-electron chi connectivity index (χ3n) is 4.61. The highest BCUT2D eigenvalue weighted by molar-refractivity contribution is 6.10. The van der Waals surface area contributed by atoms with Gasteiger partial charge in [0.1, 0.15) is 11.3 Å². The molecule has 0 spiro atoms. The van der Waals surface area contributed by atoms with E-state index in [1.807, 2.05) is 30.3 Å². The summed E-state index contributed by atoms with van der Waals surface area (Å²) >= 11 is 0. The van der Waals surface area contributed by atoms with Gasteiger partial charge in [-0.1, -0.05) is 30.3 Å². The van der Waals surface area contributed by atoms with Crippen LogP contribution in [0.15, 0.2) is 71.1 Å².